The molecule has 1 aliphatic rings. The lowest BCUT2D eigenvalue weighted by Crippen LogP contribution is -2.51. The molecule has 0 saturated carbocycles. The quantitative estimate of drug-likeness (QED) is 0.778. The number of nitrogens with one attached hydrogen (secondary N) is 2. The molecule has 9 heteroatoms. The van der Waals surface area contributed by atoms with Crippen molar-refractivity contribution in [2.45, 2.75) is 31.8 Å². The van der Waals surface area contributed by atoms with Gasteiger partial charge in [-0.15, -0.1) is 0 Å². The number of sulfonamides is 1. The fourth-order valence-electron chi connectivity index (χ4n) is 2.40. The van der Waals surface area contributed by atoms with Gasteiger partial charge in [0.1, 0.15) is 6.04 Å². The number of carbonyl (C=O) groups is 2. The summed E-state index contributed by atoms with van der Waals surface area (Å²) in [7, 11) is -3.18. The fourth-order valence-corrected chi connectivity index (χ4v) is 3.27. The van der Waals surface area contributed by atoms with Crippen molar-refractivity contribution in [1.29, 1.82) is 0 Å². The molecule has 2 heterocycles. The topological polar surface area (TPSA) is 109 Å². The highest BCUT2D eigenvalue weighted by molar-refractivity contribution is 7.88. The van der Waals surface area contributed by atoms with E-state index in [2.05, 4.69) is 10.6 Å². The number of hydrogen-bond acceptors (Lipinski definition) is 5. The van der Waals surface area contributed by atoms with Gasteiger partial charge in [-0.2, -0.15) is 0 Å². The van der Waals surface area contributed by atoms with Crippen molar-refractivity contribution in [3.05, 3.63) is 24.2 Å². The molecule has 1 aromatic heterocycles. The molecule has 128 valence electrons. The fraction of sp³-hybridized carbons (Fsp3) is 0.571. The Morgan fingerprint density at radius 1 is 1.35 bits per heavy atom. The van der Waals surface area contributed by atoms with Crippen LogP contribution in [0.4, 0.5) is 0 Å². The van der Waals surface area contributed by atoms with Gasteiger partial charge in [0.15, 0.2) is 5.76 Å². The first-order valence-electron chi connectivity index (χ1n) is 7.37. The van der Waals surface area contributed by atoms with Crippen LogP contribution in [0, 0.1) is 0 Å². The second-order valence-electron chi connectivity index (χ2n) is 5.62. The average molecular weight is 343 g/mol. The molecule has 1 fully saturated rings. The van der Waals surface area contributed by atoms with Gasteiger partial charge in [0.25, 0.3) is 5.91 Å². The van der Waals surface area contributed by atoms with Crippen LogP contribution in [0.5, 0.6) is 0 Å². The Morgan fingerprint density at radius 2 is 2.00 bits per heavy atom. The van der Waals surface area contributed by atoms with Crippen LogP contribution in [-0.4, -0.2) is 56.0 Å². The summed E-state index contributed by atoms with van der Waals surface area (Å²) in [5.74, 6) is -0.613. The molecule has 1 atom stereocenters. The summed E-state index contributed by atoms with van der Waals surface area (Å²) in [5, 5.41) is 5.39. The van der Waals surface area contributed by atoms with E-state index >= 15 is 0 Å². The Labute approximate surface area is 135 Å². The molecule has 2 N–H and O–H groups in total. The van der Waals surface area contributed by atoms with Crippen LogP contribution in [0.1, 0.15) is 30.3 Å². The van der Waals surface area contributed by atoms with Crippen LogP contribution in [0.15, 0.2) is 22.8 Å². The van der Waals surface area contributed by atoms with E-state index in [1.54, 1.807) is 13.0 Å². The Bertz CT molecular complexity index is 648. The molecule has 0 bridgehead atoms. The molecule has 1 aromatic rings. The van der Waals surface area contributed by atoms with E-state index in [1.165, 1.54) is 22.9 Å². The van der Waals surface area contributed by atoms with Crippen LogP contribution in [0.3, 0.4) is 0 Å². The number of piperidine rings is 1. The van der Waals surface area contributed by atoms with Gasteiger partial charge in [-0.05, 0) is 31.9 Å². The van der Waals surface area contributed by atoms with Gasteiger partial charge in [0.05, 0.1) is 12.5 Å². The predicted molar refractivity (Wildman–Crippen MR) is 83.2 cm³/mol. The molecule has 1 saturated heterocycles. The molecular formula is C14H21N3O5S. The molecule has 23 heavy (non-hydrogen) atoms. The molecule has 8 nitrogen and oxygen atoms in total. The van der Waals surface area contributed by atoms with Crippen LogP contribution < -0.4 is 10.6 Å². The summed E-state index contributed by atoms with van der Waals surface area (Å²) in [6.07, 6.45) is 3.67. The molecular weight excluding hydrogens is 322 g/mol. The maximum Gasteiger partial charge on any atom is 0.287 e. The zero-order chi connectivity index (χ0) is 17.0. The molecule has 0 spiro atoms. The highest BCUT2D eigenvalue weighted by atomic mass is 32.2. The first-order chi connectivity index (χ1) is 10.8. The van der Waals surface area contributed by atoms with Crippen LogP contribution in [-0.2, 0) is 14.8 Å². The first kappa shape index (κ1) is 17.5. The van der Waals surface area contributed by atoms with Crippen molar-refractivity contribution in [1.82, 2.24) is 14.9 Å². The Kier molecular flexibility index (Phi) is 5.42. The van der Waals surface area contributed by atoms with E-state index in [9.17, 15) is 18.0 Å². The number of amides is 2. The summed E-state index contributed by atoms with van der Waals surface area (Å²) < 4.78 is 29.2. The normalized spacial score (nSPS) is 18.3. The van der Waals surface area contributed by atoms with E-state index in [0.29, 0.717) is 25.9 Å². The number of furan rings is 1. The van der Waals surface area contributed by atoms with Crippen molar-refractivity contribution >= 4 is 21.8 Å². The highest BCUT2D eigenvalue weighted by Crippen LogP contribution is 2.13. The van der Waals surface area contributed by atoms with Crippen LogP contribution in [0.2, 0.25) is 0 Å². The number of nitrogens with zero attached hydrogens (tertiary/aromatic N) is 1. The lowest BCUT2D eigenvalue weighted by atomic mass is 10.1. The van der Waals surface area contributed by atoms with E-state index < -0.39 is 22.0 Å². The zero-order valence-electron chi connectivity index (χ0n) is 13.1. The third-order valence-electron chi connectivity index (χ3n) is 3.76. The van der Waals surface area contributed by atoms with Crippen molar-refractivity contribution in [3.63, 3.8) is 0 Å². The molecule has 1 aliphatic heterocycles. The minimum atomic E-state index is -3.18. The van der Waals surface area contributed by atoms with Crippen LogP contribution >= 0.6 is 0 Å². The Hall–Kier alpha value is -1.87. The lowest BCUT2D eigenvalue weighted by Gasteiger charge is -2.31. The van der Waals surface area contributed by atoms with Gasteiger partial charge in [0.2, 0.25) is 15.9 Å². The van der Waals surface area contributed by atoms with Gasteiger partial charge in [0, 0.05) is 19.1 Å². The SMILES string of the molecule is C[C@H](NC(=O)c1ccco1)C(=O)NC1CCN(S(C)(=O)=O)CC1. The first-order valence-corrected chi connectivity index (χ1v) is 9.22. The standard InChI is InChI=1S/C14H21N3O5S/c1-10(15-14(19)12-4-3-9-22-12)13(18)16-11-5-7-17(8-6-11)23(2,20)21/h3-4,9-11H,5-8H2,1-2H3,(H,15,19)(H,16,18)/t10-/m0/s1. The maximum atomic E-state index is 12.1. The molecule has 0 radical (unpaired) electrons. The third kappa shape index (κ3) is 4.80. The number of hydrogen-bond donors (Lipinski definition) is 2. The molecule has 0 aromatic carbocycles. The Morgan fingerprint density at radius 3 is 2.52 bits per heavy atom. The summed E-state index contributed by atoms with van der Waals surface area (Å²) in [5.41, 5.74) is 0. The predicted octanol–water partition coefficient (Wildman–Crippen LogP) is -0.0619. The highest BCUT2D eigenvalue weighted by Gasteiger charge is 2.27. The van der Waals surface area contributed by atoms with Gasteiger partial charge in [-0.3, -0.25) is 9.59 Å². The summed E-state index contributed by atoms with van der Waals surface area (Å²) >= 11 is 0. The van der Waals surface area contributed by atoms with Crippen molar-refractivity contribution < 1.29 is 22.4 Å². The van der Waals surface area contributed by atoms with Gasteiger partial charge < -0.3 is 15.1 Å². The second-order valence-corrected chi connectivity index (χ2v) is 7.60. The zero-order valence-corrected chi connectivity index (χ0v) is 13.9. The van der Waals surface area contributed by atoms with Crippen LogP contribution in [0.25, 0.3) is 0 Å². The number of rotatable bonds is 5. The van der Waals surface area contributed by atoms with Gasteiger partial charge >= 0.3 is 0 Å². The van der Waals surface area contributed by atoms with Gasteiger partial charge in [-0.25, -0.2) is 12.7 Å². The molecule has 0 aliphatic carbocycles. The smallest absolute Gasteiger partial charge is 0.287 e. The monoisotopic (exact) mass is 343 g/mol. The molecule has 0 unspecified atom stereocenters. The van der Waals surface area contributed by atoms with E-state index in [-0.39, 0.29) is 17.7 Å². The summed E-state index contributed by atoms with van der Waals surface area (Å²) in [6, 6.07) is 2.31. The third-order valence-corrected chi connectivity index (χ3v) is 5.06. The molecule has 2 rings (SSSR count). The minimum Gasteiger partial charge on any atom is -0.459 e. The van der Waals surface area contributed by atoms with E-state index in [4.69, 9.17) is 4.42 Å². The summed E-state index contributed by atoms with van der Waals surface area (Å²) in [6.45, 7) is 2.36. The van der Waals surface area contributed by atoms with Crippen molar-refractivity contribution in [2.24, 2.45) is 0 Å². The Balaban J connectivity index is 1.79. The maximum absolute atomic E-state index is 12.1. The minimum absolute atomic E-state index is 0.0940. The van der Waals surface area contributed by atoms with Crippen molar-refractivity contribution in [2.75, 3.05) is 19.3 Å². The summed E-state index contributed by atoms with van der Waals surface area (Å²) in [4.78, 5) is 23.9. The van der Waals surface area contributed by atoms with Crippen molar-refractivity contribution in [3.8, 4) is 0 Å². The largest absolute Gasteiger partial charge is 0.459 e. The van der Waals surface area contributed by atoms with Gasteiger partial charge in [-0.1, -0.05) is 0 Å². The molecule has 2 amide bonds. The van der Waals surface area contributed by atoms with E-state index in [0.717, 1.165) is 0 Å². The van der Waals surface area contributed by atoms with E-state index in [1.807, 2.05) is 0 Å². The lowest BCUT2D eigenvalue weighted by molar-refractivity contribution is -0.123. The average Bonchev–Trinajstić information content (AvgIpc) is 3.01. The number of carbonyl (C=O) groups excluding carboxylic acids is 2. The second kappa shape index (κ2) is 7.14.